The SMILES string of the molecule is CCOc1cccc2c1O[C@@]1(C)[C@@H](C(=O)Nc3ccc(C)cc3C)[C@H]2NC(=S)N1c1ccc(OC)cc1. The molecule has 0 unspecified atom stereocenters. The molecule has 0 aromatic heterocycles. The van der Waals surface area contributed by atoms with E-state index >= 15 is 0 Å². The minimum Gasteiger partial charge on any atom is -0.497 e. The first kappa shape index (κ1) is 24.9. The number of fused-ring (bicyclic) bond motifs is 4. The van der Waals surface area contributed by atoms with Gasteiger partial charge >= 0.3 is 0 Å². The normalized spacial score (nSPS) is 21.9. The summed E-state index contributed by atoms with van der Waals surface area (Å²) >= 11 is 5.85. The Hall–Kier alpha value is -3.78. The number of ether oxygens (including phenoxy) is 3. The lowest BCUT2D eigenvalue weighted by Crippen LogP contribution is -2.72. The lowest BCUT2D eigenvalue weighted by atomic mass is 9.78. The molecule has 2 bridgehead atoms. The van der Waals surface area contributed by atoms with Crippen LogP contribution < -0.4 is 29.7 Å². The van der Waals surface area contributed by atoms with E-state index in [2.05, 4.69) is 16.7 Å². The van der Waals surface area contributed by atoms with Crippen LogP contribution >= 0.6 is 12.2 Å². The van der Waals surface area contributed by atoms with Gasteiger partial charge in [0, 0.05) is 16.9 Å². The molecule has 0 saturated carbocycles. The molecule has 3 aromatic carbocycles. The number of methoxy groups -OCH3 is 1. The fraction of sp³-hybridized carbons (Fsp3) is 0.310. The Morgan fingerprint density at radius 2 is 1.92 bits per heavy atom. The Labute approximate surface area is 222 Å². The average Bonchev–Trinajstić information content (AvgIpc) is 2.86. The van der Waals surface area contributed by atoms with E-state index in [9.17, 15) is 4.79 Å². The number of nitrogens with zero attached hydrogens (tertiary/aromatic N) is 1. The van der Waals surface area contributed by atoms with Crippen LogP contribution in [0.5, 0.6) is 17.2 Å². The second-order valence-electron chi connectivity index (χ2n) is 9.51. The van der Waals surface area contributed by atoms with E-state index in [0.717, 1.165) is 33.8 Å². The molecule has 3 atom stereocenters. The van der Waals surface area contributed by atoms with Gasteiger partial charge in [-0.05, 0) is 81.9 Å². The van der Waals surface area contributed by atoms with Crippen LogP contribution in [0.1, 0.15) is 36.6 Å². The van der Waals surface area contributed by atoms with Crippen LogP contribution in [0.3, 0.4) is 0 Å². The van der Waals surface area contributed by atoms with Crippen LogP contribution in [0.4, 0.5) is 11.4 Å². The van der Waals surface area contributed by atoms with Crippen molar-refractivity contribution in [2.75, 3.05) is 23.9 Å². The molecule has 2 aliphatic rings. The van der Waals surface area contributed by atoms with E-state index in [1.807, 2.05) is 87.2 Å². The Balaban J connectivity index is 1.63. The summed E-state index contributed by atoms with van der Waals surface area (Å²) in [6, 6.07) is 18.9. The molecular weight excluding hydrogens is 486 g/mol. The van der Waals surface area contributed by atoms with Gasteiger partial charge < -0.3 is 24.8 Å². The van der Waals surface area contributed by atoms with Gasteiger partial charge in [0.15, 0.2) is 22.3 Å². The summed E-state index contributed by atoms with van der Waals surface area (Å²) in [6.45, 7) is 8.36. The molecule has 0 spiro atoms. The number of nitrogens with one attached hydrogen (secondary N) is 2. The zero-order chi connectivity index (χ0) is 26.3. The number of carbonyl (C=O) groups is 1. The van der Waals surface area contributed by atoms with Crippen molar-refractivity contribution in [3.8, 4) is 17.2 Å². The summed E-state index contributed by atoms with van der Waals surface area (Å²) in [7, 11) is 1.62. The molecule has 2 aliphatic heterocycles. The number of hydrogen-bond donors (Lipinski definition) is 2. The quantitative estimate of drug-likeness (QED) is 0.418. The molecule has 1 fully saturated rings. The summed E-state index contributed by atoms with van der Waals surface area (Å²) in [6.07, 6.45) is 0. The lowest BCUT2D eigenvalue weighted by molar-refractivity contribution is -0.130. The van der Waals surface area contributed by atoms with Crippen molar-refractivity contribution in [3.63, 3.8) is 0 Å². The first-order chi connectivity index (χ1) is 17.8. The zero-order valence-electron chi connectivity index (χ0n) is 21.6. The number of aryl methyl sites for hydroxylation is 2. The second kappa shape index (κ2) is 9.59. The van der Waals surface area contributed by atoms with Crippen LogP contribution in [-0.2, 0) is 4.79 Å². The molecule has 8 heteroatoms. The van der Waals surface area contributed by atoms with Crippen LogP contribution in [-0.4, -0.2) is 30.5 Å². The highest BCUT2D eigenvalue weighted by Gasteiger charge is 2.59. The van der Waals surface area contributed by atoms with Crippen molar-refractivity contribution in [2.45, 2.75) is 39.5 Å². The third kappa shape index (κ3) is 4.25. The van der Waals surface area contributed by atoms with E-state index in [4.69, 9.17) is 26.4 Å². The Morgan fingerprint density at radius 3 is 2.59 bits per heavy atom. The van der Waals surface area contributed by atoms with Crippen molar-refractivity contribution < 1.29 is 19.0 Å². The van der Waals surface area contributed by atoms with E-state index in [0.29, 0.717) is 23.2 Å². The first-order valence-electron chi connectivity index (χ1n) is 12.3. The maximum atomic E-state index is 14.1. The Kier molecular flexibility index (Phi) is 6.45. The predicted molar refractivity (Wildman–Crippen MR) is 149 cm³/mol. The highest BCUT2D eigenvalue weighted by molar-refractivity contribution is 7.80. The van der Waals surface area contributed by atoms with Gasteiger partial charge in [0.25, 0.3) is 0 Å². The van der Waals surface area contributed by atoms with Crippen molar-refractivity contribution in [1.82, 2.24) is 5.32 Å². The van der Waals surface area contributed by atoms with Gasteiger partial charge in [-0.3, -0.25) is 9.69 Å². The van der Waals surface area contributed by atoms with E-state index in [1.54, 1.807) is 7.11 Å². The van der Waals surface area contributed by atoms with Crippen LogP contribution in [0.25, 0.3) is 0 Å². The first-order valence-corrected chi connectivity index (χ1v) is 12.7. The third-order valence-corrected chi connectivity index (χ3v) is 7.34. The van der Waals surface area contributed by atoms with Crippen molar-refractivity contribution in [3.05, 3.63) is 77.4 Å². The van der Waals surface area contributed by atoms with E-state index in [1.165, 1.54) is 0 Å². The number of hydrogen-bond acceptors (Lipinski definition) is 5. The lowest BCUT2D eigenvalue weighted by Gasteiger charge is -2.56. The second-order valence-corrected chi connectivity index (χ2v) is 9.90. The van der Waals surface area contributed by atoms with Crippen LogP contribution in [0, 0.1) is 19.8 Å². The van der Waals surface area contributed by atoms with E-state index in [-0.39, 0.29) is 5.91 Å². The minimum atomic E-state index is -1.15. The largest absolute Gasteiger partial charge is 0.497 e. The summed E-state index contributed by atoms with van der Waals surface area (Å²) in [5.74, 6) is 1.15. The number of rotatable bonds is 6. The Morgan fingerprint density at radius 1 is 1.16 bits per heavy atom. The number of benzene rings is 3. The molecule has 1 amide bonds. The molecule has 7 nitrogen and oxygen atoms in total. The van der Waals surface area contributed by atoms with Gasteiger partial charge in [-0.25, -0.2) is 0 Å². The summed E-state index contributed by atoms with van der Waals surface area (Å²) in [5, 5.41) is 7.08. The van der Waals surface area contributed by atoms with Gasteiger partial charge in [0.1, 0.15) is 11.7 Å². The van der Waals surface area contributed by atoms with Gasteiger partial charge in [-0.15, -0.1) is 0 Å². The van der Waals surface area contributed by atoms with Crippen molar-refractivity contribution in [1.29, 1.82) is 0 Å². The highest BCUT2D eigenvalue weighted by atomic mass is 32.1. The third-order valence-electron chi connectivity index (χ3n) is 7.04. The standard InChI is InChI=1S/C29H31N3O4S/c1-6-35-23-9-7-8-21-25-24(27(33)30-22-15-10-17(2)16-18(22)3)29(4,36-26(21)23)32(28(37)31-25)19-11-13-20(34-5)14-12-19/h7-16,24-25H,6H2,1-5H3,(H,30,33)(H,31,37)/t24-,25+,29+/m1/s1. The fourth-order valence-corrected chi connectivity index (χ4v) is 5.74. The summed E-state index contributed by atoms with van der Waals surface area (Å²) in [4.78, 5) is 15.9. The van der Waals surface area contributed by atoms with Crippen molar-refractivity contribution in [2.24, 2.45) is 5.92 Å². The van der Waals surface area contributed by atoms with Crippen LogP contribution in [0.15, 0.2) is 60.7 Å². The molecule has 0 aliphatic carbocycles. The molecule has 1 saturated heterocycles. The molecule has 192 valence electrons. The fourth-order valence-electron chi connectivity index (χ4n) is 5.32. The molecule has 3 aromatic rings. The monoisotopic (exact) mass is 517 g/mol. The number of amides is 1. The van der Waals surface area contributed by atoms with Gasteiger partial charge in [0.05, 0.1) is 19.8 Å². The molecule has 2 heterocycles. The number of anilines is 2. The molecule has 5 rings (SSSR count). The summed E-state index contributed by atoms with van der Waals surface area (Å²) in [5.41, 5.74) is 3.36. The van der Waals surface area contributed by atoms with Gasteiger partial charge in [0.2, 0.25) is 5.91 Å². The smallest absolute Gasteiger partial charge is 0.236 e. The van der Waals surface area contributed by atoms with E-state index < -0.39 is 17.7 Å². The van der Waals surface area contributed by atoms with Gasteiger partial charge in [-0.2, -0.15) is 0 Å². The number of carbonyl (C=O) groups excluding carboxylic acids is 1. The number of thiocarbonyl (C=S) groups is 1. The average molecular weight is 518 g/mol. The molecule has 37 heavy (non-hydrogen) atoms. The zero-order valence-corrected chi connectivity index (χ0v) is 22.4. The predicted octanol–water partition coefficient (Wildman–Crippen LogP) is 5.51. The molecule has 2 N–H and O–H groups in total. The number of para-hydroxylation sites is 1. The molecular formula is C29H31N3O4S. The Bertz CT molecular complexity index is 1360. The minimum absolute atomic E-state index is 0.166. The summed E-state index contributed by atoms with van der Waals surface area (Å²) < 4.78 is 18.0. The topological polar surface area (TPSA) is 72.1 Å². The highest BCUT2D eigenvalue weighted by Crippen LogP contribution is 2.52. The molecule has 0 radical (unpaired) electrons. The van der Waals surface area contributed by atoms with Gasteiger partial charge in [-0.1, -0.05) is 29.8 Å². The van der Waals surface area contributed by atoms with Crippen LogP contribution in [0.2, 0.25) is 0 Å². The maximum Gasteiger partial charge on any atom is 0.236 e. The van der Waals surface area contributed by atoms with Crippen molar-refractivity contribution >= 4 is 34.6 Å². The maximum absolute atomic E-state index is 14.1.